The summed E-state index contributed by atoms with van der Waals surface area (Å²) < 4.78 is 13.1. The molecule has 0 radical (unpaired) electrons. The summed E-state index contributed by atoms with van der Waals surface area (Å²) in [6.07, 6.45) is -0.0958. The van der Waals surface area contributed by atoms with Crippen LogP contribution in [0.5, 0.6) is 5.75 Å². The Hall–Kier alpha value is -1.33. The summed E-state index contributed by atoms with van der Waals surface area (Å²) in [5.74, 6) is -2.03. The lowest BCUT2D eigenvalue weighted by Gasteiger charge is -2.07. The van der Waals surface area contributed by atoms with E-state index in [4.69, 9.17) is 15.9 Å². The van der Waals surface area contributed by atoms with Crippen molar-refractivity contribution in [3.63, 3.8) is 0 Å². The van der Waals surface area contributed by atoms with Gasteiger partial charge in [0, 0.05) is 12.5 Å². The second kappa shape index (κ2) is 5.53. The number of carboxylic acid groups (broad SMARTS) is 1. The normalized spacial score (nSPS) is 11.6. The molecule has 0 aliphatic carbocycles. The number of aliphatic carboxylic acids is 1. The van der Waals surface area contributed by atoms with Gasteiger partial charge in [0.05, 0.1) is 0 Å². The molecule has 4 nitrogen and oxygen atoms in total. The van der Waals surface area contributed by atoms with Gasteiger partial charge in [0.1, 0.15) is 17.6 Å². The Labute approximate surface area is 91.9 Å². The first kappa shape index (κ1) is 13.7. The summed E-state index contributed by atoms with van der Waals surface area (Å²) in [5, 5.41) is 17.4. The molecule has 1 unspecified atom stereocenters. The standard InChI is InChI=1S/C9H10FNO3.ClH/c10-7-4-6(12)2-1-5(7)3-8(11)9(13)14;/h1-2,4,8,12H,3,11H2,(H,13,14);1H. The average Bonchev–Trinajstić information content (AvgIpc) is 2.09. The van der Waals surface area contributed by atoms with Gasteiger partial charge in [-0.1, -0.05) is 6.07 Å². The number of rotatable bonds is 3. The van der Waals surface area contributed by atoms with Gasteiger partial charge in [0.2, 0.25) is 0 Å². The third-order valence-corrected chi connectivity index (χ3v) is 1.79. The van der Waals surface area contributed by atoms with E-state index in [1.54, 1.807) is 0 Å². The molecule has 1 atom stereocenters. The maximum atomic E-state index is 13.1. The van der Waals surface area contributed by atoms with Gasteiger partial charge in [-0.3, -0.25) is 4.79 Å². The van der Waals surface area contributed by atoms with Gasteiger partial charge in [0.25, 0.3) is 0 Å². The number of benzene rings is 1. The SMILES string of the molecule is Cl.NC(Cc1ccc(O)cc1F)C(=O)O. The van der Waals surface area contributed by atoms with Crippen LogP contribution in [0.4, 0.5) is 4.39 Å². The van der Waals surface area contributed by atoms with Crippen LogP contribution in [0.1, 0.15) is 5.56 Å². The van der Waals surface area contributed by atoms with E-state index in [9.17, 15) is 9.18 Å². The molecular formula is C9H11ClFNO3. The van der Waals surface area contributed by atoms with Crippen molar-refractivity contribution in [2.45, 2.75) is 12.5 Å². The minimum absolute atomic E-state index is 0. The first-order valence-corrected chi connectivity index (χ1v) is 3.96. The summed E-state index contributed by atoms with van der Waals surface area (Å²) >= 11 is 0. The first-order valence-electron chi connectivity index (χ1n) is 3.96. The van der Waals surface area contributed by atoms with E-state index in [2.05, 4.69) is 0 Å². The number of halogens is 2. The van der Waals surface area contributed by atoms with Crippen molar-refractivity contribution >= 4 is 18.4 Å². The minimum atomic E-state index is -1.18. The Morgan fingerprint density at radius 3 is 2.60 bits per heavy atom. The zero-order chi connectivity index (χ0) is 10.7. The average molecular weight is 236 g/mol. The quantitative estimate of drug-likeness (QED) is 0.727. The van der Waals surface area contributed by atoms with Crippen LogP contribution in [-0.4, -0.2) is 22.2 Å². The highest BCUT2D eigenvalue weighted by molar-refractivity contribution is 5.85. The molecule has 6 heteroatoms. The van der Waals surface area contributed by atoms with Crippen molar-refractivity contribution in [3.05, 3.63) is 29.6 Å². The predicted octanol–water partition coefficient (Wildman–Crippen LogP) is 0.908. The molecule has 4 N–H and O–H groups in total. The molecule has 1 aromatic carbocycles. The van der Waals surface area contributed by atoms with Crippen molar-refractivity contribution < 1.29 is 19.4 Å². The molecular weight excluding hydrogens is 225 g/mol. The van der Waals surface area contributed by atoms with E-state index >= 15 is 0 Å². The monoisotopic (exact) mass is 235 g/mol. The van der Waals surface area contributed by atoms with Crippen LogP contribution in [0, 0.1) is 5.82 Å². The summed E-state index contributed by atoms with van der Waals surface area (Å²) in [6.45, 7) is 0. The van der Waals surface area contributed by atoms with Gasteiger partial charge in [-0.15, -0.1) is 12.4 Å². The van der Waals surface area contributed by atoms with Crippen molar-refractivity contribution in [2.24, 2.45) is 5.73 Å². The molecule has 0 saturated heterocycles. The second-order valence-corrected chi connectivity index (χ2v) is 2.92. The lowest BCUT2D eigenvalue weighted by Crippen LogP contribution is -2.32. The first-order chi connectivity index (χ1) is 6.50. The Morgan fingerprint density at radius 1 is 1.53 bits per heavy atom. The van der Waals surface area contributed by atoms with E-state index in [-0.39, 0.29) is 30.1 Å². The fourth-order valence-electron chi connectivity index (χ4n) is 1.03. The Kier molecular flexibility index (Phi) is 5.04. The van der Waals surface area contributed by atoms with Crippen LogP contribution < -0.4 is 5.73 Å². The molecule has 0 aliphatic heterocycles. The number of carboxylic acids is 1. The number of hydrogen-bond acceptors (Lipinski definition) is 3. The van der Waals surface area contributed by atoms with Crippen molar-refractivity contribution in [3.8, 4) is 5.75 Å². The molecule has 0 aliphatic rings. The highest BCUT2D eigenvalue weighted by Gasteiger charge is 2.14. The summed E-state index contributed by atoms with van der Waals surface area (Å²) in [7, 11) is 0. The van der Waals surface area contributed by atoms with Gasteiger partial charge in [-0.2, -0.15) is 0 Å². The number of hydrogen-bond donors (Lipinski definition) is 3. The molecule has 84 valence electrons. The Bertz CT molecular complexity index is 359. The van der Waals surface area contributed by atoms with Crippen LogP contribution in [0.15, 0.2) is 18.2 Å². The van der Waals surface area contributed by atoms with Crippen LogP contribution in [0.3, 0.4) is 0 Å². The lowest BCUT2D eigenvalue weighted by atomic mass is 10.1. The summed E-state index contributed by atoms with van der Waals surface area (Å²) in [6, 6.07) is 2.39. The number of nitrogens with two attached hydrogens (primary N) is 1. The van der Waals surface area contributed by atoms with Gasteiger partial charge >= 0.3 is 5.97 Å². The van der Waals surface area contributed by atoms with Crippen LogP contribution >= 0.6 is 12.4 Å². The van der Waals surface area contributed by atoms with Gasteiger partial charge in [-0.25, -0.2) is 4.39 Å². The van der Waals surface area contributed by atoms with Crippen LogP contribution in [0.25, 0.3) is 0 Å². The molecule has 15 heavy (non-hydrogen) atoms. The molecule has 1 rings (SSSR count). The second-order valence-electron chi connectivity index (χ2n) is 2.92. The maximum Gasteiger partial charge on any atom is 0.320 e. The van der Waals surface area contributed by atoms with E-state index in [0.717, 1.165) is 6.07 Å². The van der Waals surface area contributed by atoms with E-state index in [1.165, 1.54) is 12.1 Å². The maximum absolute atomic E-state index is 13.1. The summed E-state index contributed by atoms with van der Waals surface area (Å²) in [4.78, 5) is 10.4. The molecule has 0 bridgehead atoms. The predicted molar refractivity (Wildman–Crippen MR) is 54.6 cm³/mol. The van der Waals surface area contributed by atoms with Crippen molar-refractivity contribution in [2.75, 3.05) is 0 Å². The molecule has 0 heterocycles. The summed E-state index contributed by atoms with van der Waals surface area (Å²) in [5.41, 5.74) is 5.41. The zero-order valence-electron chi connectivity index (χ0n) is 7.68. The van der Waals surface area contributed by atoms with E-state index in [1.807, 2.05) is 0 Å². The molecule has 0 amide bonds. The Morgan fingerprint density at radius 2 is 2.13 bits per heavy atom. The molecule has 0 aromatic heterocycles. The van der Waals surface area contributed by atoms with Crippen LogP contribution in [-0.2, 0) is 11.2 Å². The number of aromatic hydroxyl groups is 1. The third kappa shape index (κ3) is 3.73. The molecule has 0 spiro atoms. The largest absolute Gasteiger partial charge is 0.508 e. The van der Waals surface area contributed by atoms with Crippen molar-refractivity contribution in [1.82, 2.24) is 0 Å². The van der Waals surface area contributed by atoms with Crippen LogP contribution in [0.2, 0.25) is 0 Å². The number of phenolic OH excluding ortho intramolecular Hbond substituents is 1. The van der Waals surface area contributed by atoms with E-state index in [0.29, 0.717) is 0 Å². The van der Waals surface area contributed by atoms with Gasteiger partial charge in [-0.05, 0) is 11.6 Å². The van der Waals surface area contributed by atoms with Crippen molar-refractivity contribution in [1.29, 1.82) is 0 Å². The van der Waals surface area contributed by atoms with E-state index < -0.39 is 17.8 Å². The molecule has 0 fully saturated rings. The van der Waals surface area contributed by atoms with Gasteiger partial charge < -0.3 is 15.9 Å². The third-order valence-electron chi connectivity index (χ3n) is 1.79. The lowest BCUT2D eigenvalue weighted by molar-refractivity contribution is -0.138. The Balaban J connectivity index is 0.00000196. The fourth-order valence-corrected chi connectivity index (χ4v) is 1.03. The number of carbonyl (C=O) groups is 1. The minimum Gasteiger partial charge on any atom is -0.508 e. The topological polar surface area (TPSA) is 83.5 Å². The highest BCUT2D eigenvalue weighted by Crippen LogP contribution is 2.15. The zero-order valence-corrected chi connectivity index (χ0v) is 8.50. The number of phenols is 1. The molecule has 1 aromatic rings. The highest BCUT2D eigenvalue weighted by atomic mass is 35.5. The fraction of sp³-hybridized carbons (Fsp3) is 0.222. The van der Waals surface area contributed by atoms with Gasteiger partial charge in [0.15, 0.2) is 0 Å². The molecule has 0 saturated carbocycles. The smallest absolute Gasteiger partial charge is 0.320 e.